The van der Waals surface area contributed by atoms with Crippen LogP contribution in [0.2, 0.25) is 0 Å². The van der Waals surface area contributed by atoms with Crippen molar-refractivity contribution in [3.8, 4) is 0 Å². The molecule has 1 atom stereocenters. The van der Waals surface area contributed by atoms with Gasteiger partial charge in [0.05, 0.1) is 12.6 Å². The fourth-order valence-corrected chi connectivity index (χ4v) is 2.51. The van der Waals surface area contributed by atoms with Crippen molar-refractivity contribution in [3.63, 3.8) is 0 Å². The van der Waals surface area contributed by atoms with Crippen LogP contribution < -0.4 is 11.1 Å². The van der Waals surface area contributed by atoms with Gasteiger partial charge in [0.1, 0.15) is 0 Å². The maximum atomic E-state index is 9.47. The first-order chi connectivity index (χ1) is 8.29. The Morgan fingerprint density at radius 3 is 2.41 bits per heavy atom. The molecule has 0 heterocycles. The van der Waals surface area contributed by atoms with E-state index in [-0.39, 0.29) is 12.6 Å². The second-order valence-electron chi connectivity index (χ2n) is 4.92. The summed E-state index contributed by atoms with van der Waals surface area (Å²) in [5.74, 6) is 0. The van der Waals surface area contributed by atoms with E-state index in [1.54, 1.807) is 0 Å². The number of nitrogens with one attached hydrogen (secondary N) is 1. The molecule has 3 heteroatoms. The van der Waals surface area contributed by atoms with Gasteiger partial charge in [-0.25, -0.2) is 0 Å². The number of hydrogen-bond acceptors (Lipinski definition) is 3. The highest BCUT2D eigenvalue weighted by atomic mass is 16.3. The fourth-order valence-electron chi connectivity index (χ4n) is 2.51. The molecule has 0 aromatic heterocycles. The maximum absolute atomic E-state index is 9.47. The van der Waals surface area contributed by atoms with Gasteiger partial charge in [-0.05, 0) is 31.2 Å². The quantitative estimate of drug-likeness (QED) is 0.741. The molecule has 0 unspecified atom stereocenters. The lowest BCUT2D eigenvalue weighted by atomic mass is 9.91. The molecule has 1 aliphatic rings. The summed E-state index contributed by atoms with van der Waals surface area (Å²) in [5.41, 5.74) is 7.05. The lowest BCUT2D eigenvalue weighted by Crippen LogP contribution is -2.40. The van der Waals surface area contributed by atoms with Crippen LogP contribution in [-0.2, 0) is 0 Å². The molecule has 0 aliphatic heterocycles. The minimum absolute atomic E-state index is 0.0514. The molecule has 17 heavy (non-hydrogen) atoms. The lowest BCUT2D eigenvalue weighted by Gasteiger charge is -2.30. The van der Waals surface area contributed by atoms with E-state index < -0.39 is 0 Å². The standard InChI is InChI=1S/C14H22N2O/c15-12-6-8-13(9-7-12)16-14(10-17)11-4-2-1-3-5-11/h1-5,12-14,16-17H,6-10,15H2/t12?,13?,14-/m0/s1. The average molecular weight is 234 g/mol. The van der Waals surface area contributed by atoms with Crippen molar-refractivity contribution >= 4 is 0 Å². The van der Waals surface area contributed by atoms with Gasteiger partial charge in [0.2, 0.25) is 0 Å². The van der Waals surface area contributed by atoms with Crippen molar-refractivity contribution in [1.82, 2.24) is 5.32 Å². The summed E-state index contributed by atoms with van der Waals surface area (Å²) in [6, 6.07) is 11.1. The Morgan fingerprint density at radius 1 is 1.18 bits per heavy atom. The van der Waals surface area contributed by atoms with Crippen molar-refractivity contribution in [2.75, 3.05) is 6.61 Å². The summed E-state index contributed by atoms with van der Waals surface area (Å²) in [5, 5.41) is 13.0. The monoisotopic (exact) mass is 234 g/mol. The Kier molecular flexibility index (Phi) is 4.54. The van der Waals surface area contributed by atoms with Crippen molar-refractivity contribution in [3.05, 3.63) is 35.9 Å². The van der Waals surface area contributed by atoms with E-state index in [1.807, 2.05) is 18.2 Å². The molecule has 1 aliphatic carbocycles. The van der Waals surface area contributed by atoms with Gasteiger partial charge in [0.15, 0.2) is 0 Å². The molecule has 0 bridgehead atoms. The average Bonchev–Trinajstić information content (AvgIpc) is 2.39. The molecule has 1 saturated carbocycles. The molecule has 0 amide bonds. The number of benzene rings is 1. The van der Waals surface area contributed by atoms with E-state index in [4.69, 9.17) is 5.73 Å². The van der Waals surface area contributed by atoms with E-state index in [2.05, 4.69) is 17.4 Å². The largest absolute Gasteiger partial charge is 0.394 e. The molecule has 1 aromatic rings. The Bertz CT molecular complexity index is 320. The zero-order valence-corrected chi connectivity index (χ0v) is 10.2. The second-order valence-corrected chi connectivity index (χ2v) is 4.92. The van der Waals surface area contributed by atoms with Crippen molar-refractivity contribution < 1.29 is 5.11 Å². The first-order valence-corrected chi connectivity index (χ1v) is 6.47. The summed E-state index contributed by atoms with van der Waals surface area (Å²) in [7, 11) is 0. The molecule has 0 spiro atoms. The van der Waals surface area contributed by atoms with E-state index in [0.29, 0.717) is 12.1 Å². The van der Waals surface area contributed by atoms with Crippen LogP contribution >= 0.6 is 0 Å². The van der Waals surface area contributed by atoms with Gasteiger partial charge in [0, 0.05) is 12.1 Å². The molecule has 1 aromatic carbocycles. The molecule has 94 valence electrons. The van der Waals surface area contributed by atoms with Gasteiger partial charge in [-0.3, -0.25) is 0 Å². The molecule has 0 radical (unpaired) electrons. The summed E-state index contributed by atoms with van der Waals surface area (Å²) < 4.78 is 0. The van der Waals surface area contributed by atoms with Crippen LogP contribution in [0.25, 0.3) is 0 Å². The topological polar surface area (TPSA) is 58.3 Å². The Hall–Kier alpha value is -0.900. The number of nitrogens with two attached hydrogens (primary N) is 1. The molecular formula is C14H22N2O. The van der Waals surface area contributed by atoms with Gasteiger partial charge in [0.25, 0.3) is 0 Å². The SMILES string of the molecule is NC1CCC(N[C@@H](CO)c2ccccc2)CC1. The summed E-state index contributed by atoms with van der Waals surface area (Å²) in [6.45, 7) is 0.145. The van der Waals surface area contributed by atoms with Crippen LogP contribution in [0.15, 0.2) is 30.3 Å². The number of aliphatic hydroxyl groups is 1. The second kappa shape index (κ2) is 6.15. The maximum Gasteiger partial charge on any atom is 0.0626 e. The van der Waals surface area contributed by atoms with Gasteiger partial charge in [-0.15, -0.1) is 0 Å². The minimum atomic E-state index is 0.0514. The molecular weight excluding hydrogens is 212 g/mol. The van der Waals surface area contributed by atoms with Gasteiger partial charge in [-0.2, -0.15) is 0 Å². The Labute approximate surface area is 103 Å². The smallest absolute Gasteiger partial charge is 0.0626 e. The molecule has 1 fully saturated rings. The van der Waals surface area contributed by atoms with Gasteiger partial charge >= 0.3 is 0 Å². The fraction of sp³-hybridized carbons (Fsp3) is 0.571. The number of aliphatic hydroxyl groups excluding tert-OH is 1. The van der Waals surface area contributed by atoms with E-state index in [0.717, 1.165) is 31.2 Å². The van der Waals surface area contributed by atoms with Gasteiger partial charge < -0.3 is 16.2 Å². The Balaban J connectivity index is 1.92. The molecule has 3 nitrogen and oxygen atoms in total. The van der Waals surface area contributed by atoms with Crippen molar-refractivity contribution in [2.45, 2.75) is 43.8 Å². The third kappa shape index (κ3) is 3.53. The lowest BCUT2D eigenvalue weighted by molar-refractivity contribution is 0.217. The zero-order valence-electron chi connectivity index (χ0n) is 10.2. The summed E-state index contributed by atoms with van der Waals surface area (Å²) in [4.78, 5) is 0. The number of rotatable bonds is 4. The third-order valence-corrected chi connectivity index (χ3v) is 3.59. The molecule has 2 rings (SSSR count). The van der Waals surface area contributed by atoms with E-state index in [9.17, 15) is 5.11 Å². The molecule has 0 saturated heterocycles. The highest BCUT2D eigenvalue weighted by Crippen LogP contribution is 2.21. The van der Waals surface area contributed by atoms with Crippen LogP contribution in [0, 0.1) is 0 Å². The third-order valence-electron chi connectivity index (χ3n) is 3.59. The summed E-state index contributed by atoms with van der Waals surface area (Å²) >= 11 is 0. The predicted octanol–water partition coefficient (Wildman–Crippen LogP) is 1.58. The highest BCUT2D eigenvalue weighted by molar-refractivity contribution is 5.19. The summed E-state index contributed by atoms with van der Waals surface area (Å²) in [6.07, 6.45) is 4.41. The van der Waals surface area contributed by atoms with E-state index >= 15 is 0 Å². The van der Waals surface area contributed by atoms with Crippen LogP contribution in [-0.4, -0.2) is 23.8 Å². The van der Waals surface area contributed by atoms with Crippen molar-refractivity contribution in [2.24, 2.45) is 5.73 Å². The normalized spacial score (nSPS) is 26.7. The van der Waals surface area contributed by atoms with E-state index in [1.165, 1.54) is 0 Å². The zero-order chi connectivity index (χ0) is 12.1. The number of hydrogen-bond donors (Lipinski definition) is 3. The highest BCUT2D eigenvalue weighted by Gasteiger charge is 2.21. The van der Waals surface area contributed by atoms with Crippen LogP contribution in [0.1, 0.15) is 37.3 Å². The minimum Gasteiger partial charge on any atom is -0.394 e. The first-order valence-electron chi connectivity index (χ1n) is 6.47. The van der Waals surface area contributed by atoms with Crippen LogP contribution in [0.4, 0.5) is 0 Å². The van der Waals surface area contributed by atoms with Crippen LogP contribution in [0.5, 0.6) is 0 Å². The van der Waals surface area contributed by atoms with Crippen LogP contribution in [0.3, 0.4) is 0 Å². The van der Waals surface area contributed by atoms with Gasteiger partial charge in [-0.1, -0.05) is 30.3 Å². The van der Waals surface area contributed by atoms with Crippen molar-refractivity contribution in [1.29, 1.82) is 0 Å². The molecule has 4 N–H and O–H groups in total. The predicted molar refractivity (Wildman–Crippen MR) is 69.6 cm³/mol. The first kappa shape index (κ1) is 12.6. The Morgan fingerprint density at radius 2 is 1.82 bits per heavy atom.